The van der Waals surface area contributed by atoms with Crippen LogP contribution in [0.15, 0.2) is 56.8 Å². The fraction of sp³-hybridized carbons (Fsp3) is 0.0667. The first-order valence-corrected chi connectivity index (χ1v) is 5.85. The third-order valence-corrected chi connectivity index (χ3v) is 3.18. The molecule has 0 bridgehead atoms. The normalized spacial score (nSPS) is 12.2. The minimum atomic E-state index is -0.502. The average molecular weight is 253 g/mol. The Bertz CT molecular complexity index is 862. The van der Waals surface area contributed by atoms with Gasteiger partial charge < -0.3 is 9.62 Å². The number of hydrogen-bond acceptors (Lipinski definition) is 4. The van der Waals surface area contributed by atoms with E-state index in [1.54, 1.807) is 19.1 Å². The summed E-state index contributed by atoms with van der Waals surface area (Å²) < 4.78 is 5.28. The number of rotatable bonds is 1. The third-order valence-electron chi connectivity index (χ3n) is 3.18. The highest BCUT2D eigenvalue weighted by atomic mass is 16.4. The Morgan fingerprint density at radius 1 is 1.16 bits per heavy atom. The molecule has 0 fully saturated rings. The van der Waals surface area contributed by atoms with Crippen LogP contribution in [0.1, 0.15) is 12.5 Å². The van der Waals surface area contributed by atoms with Crippen LogP contribution in [0.5, 0.6) is 0 Å². The Morgan fingerprint density at radius 3 is 2.74 bits per heavy atom. The predicted molar refractivity (Wildman–Crippen MR) is 74.0 cm³/mol. The molecule has 3 aromatic rings. The zero-order valence-corrected chi connectivity index (χ0v) is 10.3. The van der Waals surface area contributed by atoms with Crippen molar-refractivity contribution in [2.24, 2.45) is 5.16 Å². The molecule has 4 nitrogen and oxygen atoms in total. The van der Waals surface area contributed by atoms with Crippen molar-refractivity contribution in [2.75, 3.05) is 0 Å². The van der Waals surface area contributed by atoms with Crippen molar-refractivity contribution in [1.82, 2.24) is 0 Å². The molecular formula is C15H11NO3. The van der Waals surface area contributed by atoms with Crippen LogP contribution in [0.4, 0.5) is 0 Å². The highest BCUT2D eigenvalue weighted by Gasteiger charge is 2.10. The van der Waals surface area contributed by atoms with Crippen molar-refractivity contribution >= 4 is 27.5 Å². The maximum atomic E-state index is 11.8. The fourth-order valence-corrected chi connectivity index (χ4v) is 2.18. The first kappa shape index (κ1) is 11.5. The molecule has 0 aliphatic rings. The summed E-state index contributed by atoms with van der Waals surface area (Å²) in [7, 11) is 0. The van der Waals surface area contributed by atoms with Crippen molar-refractivity contribution < 1.29 is 9.62 Å². The van der Waals surface area contributed by atoms with Gasteiger partial charge in [0.2, 0.25) is 0 Å². The second kappa shape index (κ2) is 4.24. The summed E-state index contributed by atoms with van der Waals surface area (Å²) in [5.41, 5.74) is 0.534. The highest BCUT2D eigenvalue weighted by molar-refractivity contribution is 6.08. The second-order valence-electron chi connectivity index (χ2n) is 4.33. The molecule has 3 rings (SSSR count). The molecule has 94 valence electrons. The molecule has 1 aromatic heterocycles. The average Bonchev–Trinajstić information content (AvgIpc) is 2.45. The summed E-state index contributed by atoms with van der Waals surface area (Å²) >= 11 is 0. The number of fused-ring (bicyclic) bond motifs is 3. The van der Waals surface area contributed by atoms with E-state index < -0.39 is 5.63 Å². The molecule has 2 aromatic carbocycles. The van der Waals surface area contributed by atoms with Crippen LogP contribution in [-0.2, 0) is 0 Å². The number of oxime groups is 1. The van der Waals surface area contributed by atoms with E-state index in [0.717, 1.165) is 16.2 Å². The van der Waals surface area contributed by atoms with Crippen LogP contribution in [0.25, 0.3) is 21.7 Å². The SMILES string of the molecule is C/C(=N\O)c1cc2c(ccc3ccccc32)oc1=O. The molecule has 4 heteroatoms. The van der Waals surface area contributed by atoms with Crippen molar-refractivity contribution in [3.8, 4) is 0 Å². The van der Waals surface area contributed by atoms with Gasteiger partial charge in [-0.05, 0) is 29.8 Å². The van der Waals surface area contributed by atoms with E-state index in [-0.39, 0.29) is 11.3 Å². The molecule has 1 N–H and O–H groups in total. The Labute approximate surface area is 108 Å². The van der Waals surface area contributed by atoms with E-state index in [2.05, 4.69) is 5.16 Å². The van der Waals surface area contributed by atoms with Crippen LogP contribution in [-0.4, -0.2) is 10.9 Å². The fourth-order valence-electron chi connectivity index (χ4n) is 2.18. The van der Waals surface area contributed by atoms with Gasteiger partial charge in [-0.1, -0.05) is 35.5 Å². The highest BCUT2D eigenvalue weighted by Crippen LogP contribution is 2.24. The summed E-state index contributed by atoms with van der Waals surface area (Å²) in [6.07, 6.45) is 0. The smallest absolute Gasteiger partial charge is 0.345 e. The molecular weight excluding hydrogens is 242 g/mol. The summed E-state index contributed by atoms with van der Waals surface area (Å²) in [5.74, 6) is 0. The van der Waals surface area contributed by atoms with Gasteiger partial charge in [-0.15, -0.1) is 0 Å². The lowest BCUT2D eigenvalue weighted by Gasteiger charge is -2.04. The van der Waals surface area contributed by atoms with Crippen LogP contribution in [0.3, 0.4) is 0 Å². The lowest BCUT2D eigenvalue weighted by atomic mass is 10.0. The van der Waals surface area contributed by atoms with E-state index in [1.165, 1.54) is 0 Å². The maximum absolute atomic E-state index is 11.8. The lowest BCUT2D eigenvalue weighted by molar-refractivity contribution is 0.319. The monoisotopic (exact) mass is 253 g/mol. The molecule has 0 aliphatic heterocycles. The Balaban J connectivity index is 2.48. The van der Waals surface area contributed by atoms with Crippen LogP contribution >= 0.6 is 0 Å². The molecule has 1 heterocycles. The van der Waals surface area contributed by atoms with Gasteiger partial charge in [0.15, 0.2) is 0 Å². The van der Waals surface area contributed by atoms with Gasteiger partial charge in [-0.25, -0.2) is 4.79 Å². The zero-order chi connectivity index (χ0) is 13.4. The Hall–Kier alpha value is -2.62. The third kappa shape index (κ3) is 1.78. The van der Waals surface area contributed by atoms with Gasteiger partial charge in [-0.3, -0.25) is 0 Å². The van der Waals surface area contributed by atoms with Gasteiger partial charge in [0, 0.05) is 5.39 Å². The lowest BCUT2D eigenvalue weighted by Crippen LogP contribution is -2.12. The number of nitrogens with zero attached hydrogens (tertiary/aromatic N) is 1. The second-order valence-corrected chi connectivity index (χ2v) is 4.33. The molecule has 0 atom stereocenters. The van der Waals surface area contributed by atoms with Crippen LogP contribution in [0.2, 0.25) is 0 Å². The molecule has 19 heavy (non-hydrogen) atoms. The summed E-state index contributed by atoms with van der Waals surface area (Å²) in [4.78, 5) is 11.8. The van der Waals surface area contributed by atoms with Crippen molar-refractivity contribution in [1.29, 1.82) is 0 Å². The standard InChI is InChI=1S/C15H11NO3/c1-9(16-18)12-8-13-11-5-3-2-4-10(11)6-7-14(13)19-15(12)17/h2-8,18H,1H3/b16-9+. The summed E-state index contributed by atoms with van der Waals surface area (Å²) in [6, 6.07) is 13.2. The first-order valence-electron chi connectivity index (χ1n) is 5.85. The van der Waals surface area contributed by atoms with Gasteiger partial charge in [-0.2, -0.15) is 0 Å². The molecule has 0 saturated carbocycles. The number of benzene rings is 2. The quantitative estimate of drug-likeness (QED) is 0.238. The topological polar surface area (TPSA) is 62.8 Å². The predicted octanol–water partition coefficient (Wildman–Crippen LogP) is 3.14. The largest absolute Gasteiger partial charge is 0.422 e. The molecule has 0 unspecified atom stereocenters. The minimum Gasteiger partial charge on any atom is -0.422 e. The Morgan fingerprint density at radius 2 is 1.95 bits per heavy atom. The molecule has 0 amide bonds. The van der Waals surface area contributed by atoms with Crippen LogP contribution < -0.4 is 5.63 Å². The maximum Gasteiger partial charge on any atom is 0.345 e. The van der Waals surface area contributed by atoms with E-state index in [0.29, 0.717) is 5.58 Å². The molecule has 0 spiro atoms. The van der Waals surface area contributed by atoms with Gasteiger partial charge in [0.25, 0.3) is 0 Å². The van der Waals surface area contributed by atoms with E-state index >= 15 is 0 Å². The first-order chi connectivity index (χ1) is 9.20. The van der Waals surface area contributed by atoms with Crippen molar-refractivity contribution in [3.05, 3.63) is 58.4 Å². The zero-order valence-electron chi connectivity index (χ0n) is 10.3. The van der Waals surface area contributed by atoms with Crippen molar-refractivity contribution in [3.63, 3.8) is 0 Å². The van der Waals surface area contributed by atoms with E-state index in [1.807, 2.05) is 30.3 Å². The van der Waals surface area contributed by atoms with Gasteiger partial charge in [0.1, 0.15) is 5.58 Å². The van der Waals surface area contributed by atoms with E-state index in [4.69, 9.17) is 9.62 Å². The van der Waals surface area contributed by atoms with Crippen LogP contribution in [0, 0.1) is 0 Å². The summed E-state index contributed by atoms with van der Waals surface area (Å²) in [5, 5.41) is 14.8. The molecule has 0 saturated heterocycles. The minimum absolute atomic E-state index is 0.239. The van der Waals surface area contributed by atoms with Crippen molar-refractivity contribution in [2.45, 2.75) is 6.92 Å². The Kier molecular flexibility index (Phi) is 2.56. The molecule has 0 radical (unpaired) electrons. The molecule has 0 aliphatic carbocycles. The summed E-state index contributed by atoms with van der Waals surface area (Å²) in [6.45, 7) is 1.56. The number of hydrogen-bond donors (Lipinski definition) is 1. The van der Waals surface area contributed by atoms with Gasteiger partial charge in [0.05, 0.1) is 11.3 Å². The van der Waals surface area contributed by atoms with Gasteiger partial charge >= 0.3 is 5.63 Å². The van der Waals surface area contributed by atoms with E-state index in [9.17, 15) is 4.79 Å².